The first-order valence-corrected chi connectivity index (χ1v) is 9.32. The summed E-state index contributed by atoms with van der Waals surface area (Å²) in [7, 11) is -1.64. The highest BCUT2D eigenvalue weighted by atomic mass is 28.4. The van der Waals surface area contributed by atoms with E-state index >= 15 is 0 Å². The Morgan fingerprint density at radius 2 is 1.88 bits per heavy atom. The molecule has 0 aromatic carbocycles. The fourth-order valence-electron chi connectivity index (χ4n) is 2.69. The van der Waals surface area contributed by atoms with Gasteiger partial charge in [0.1, 0.15) is 5.78 Å². The van der Waals surface area contributed by atoms with E-state index in [0.717, 1.165) is 19.3 Å². The molecule has 2 bridgehead atoms. The average molecular weight is 240 g/mol. The lowest BCUT2D eigenvalue weighted by Gasteiger charge is -2.40. The van der Waals surface area contributed by atoms with Crippen molar-refractivity contribution < 1.29 is 9.22 Å². The van der Waals surface area contributed by atoms with E-state index < -0.39 is 8.32 Å². The van der Waals surface area contributed by atoms with Crippen LogP contribution in [0.4, 0.5) is 0 Å². The highest BCUT2D eigenvalue weighted by Crippen LogP contribution is 2.47. The summed E-state index contributed by atoms with van der Waals surface area (Å²) in [4.78, 5) is 11.5. The number of ketones is 1. The molecule has 0 spiro atoms. The van der Waals surface area contributed by atoms with E-state index in [4.69, 9.17) is 4.43 Å². The van der Waals surface area contributed by atoms with E-state index in [-0.39, 0.29) is 5.04 Å². The molecule has 2 rings (SSSR count). The van der Waals surface area contributed by atoms with Crippen molar-refractivity contribution >= 4 is 14.1 Å². The summed E-state index contributed by atoms with van der Waals surface area (Å²) in [6.45, 7) is 11.4. The largest absolute Gasteiger partial charge is 0.414 e. The summed E-state index contributed by atoms with van der Waals surface area (Å²) < 4.78 is 6.43. The Bertz CT molecular complexity index is 304. The van der Waals surface area contributed by atoms with Crippen LogP contribution in [0.25, 0.3) is 0 Å². The number of Topliss-reactive ketones (excluding diaryl/α,β-unsaturated/α-hetero) is 1. The standard InChI is InChI=1S/C13H24O2Si/c1-13(2,3)16(4,5)15-12-8-9-6-10(12)7-11(9)14/h9-10,12H,6-8H2,1-5H3/t9-,10-,12+/m0/s1. The quantitative estimate of drug-likeness (QED) is 0.692. The minimum absolute atomic E-state index is 0.277. The third kappa shape index (κ3) is 1.99. The van der Waals surface area contributed by atoms with E-state index in [1.807, 2.05) is 0 Å². The predicted octanol–water partition coefficient (Wildman–Crippen LogP) is 3.38. The van der Waals surface area contributed by atoms with Crippen molar-refractivity contribution in [3.63, 3.8) is 0 Å². The molecule has 2 fully saturated rings. The van der Waals surface area contributed by atoms with Crippen molar-refractivity contribution in [2.45, 2.75) is 64.3 Å². The van der Waals surface area contributed by atoms with Crippen LogP contribution in [0.2, 0.25) is 18.1 Å². The van der Waals surface area contributed by atoms with Crippen LogP contribution in [0.1, 0.15) is 40.0 Å². The minimum atomic E-state index is -1.64. The second-order valence-electron chi connectivity index (χ2n) is 7.02. The fraction of sp³-hybridized carbons (Fsp3) is 0.923. The van der Waals surface area contributed by atoms with Gasteiger partial charge in [-0.15, -0.1) is 0 Å². The maximum Gasteiger partial charge on any atom is 0.192 e. The summed E-state index contributed by atoms with van der Waals surface area (Å²) in [5, 5.41) is 0.277. The van der Waals surface area contributed by atoms with E-state index in [9.17, 15) is 4.79 Å². The summed E-state index contributed by atoms with van der Waals surface area (Å²) in [5.41, 5.74) is 0. The van der Waals surface area contributed by atoms with Crippen molar-refractivity contribution in [1.82, 2.24) is 0 Å². The van der Waals surface area contributed by atoms with Crippen molar-refractivity contribution in [2.75, 3.05) is 0 Å². The van der Waals surface area contributed by atoms with Crippen LogP contribution in [0, 0.1) is 11.8 Å². The number of hydrogen-bond donors (Lipinski definition) is 0. The van der Waals surface area contributed by atoms with Gasteiger partial charge in [-0.3, -0.25) is 4.79 Å². The Morgan fingerprint density at radius 1 is 1.25 bits per heavy atom. The molecule has 0 aliphatic heterocycles. The van der Waals surface area contributed by atoms with Gasteiger partial charge in [0.25, 0.3) is 0 Å². The summed E-state index contributed by atoms with van der Waals surface area (Å²) in [6, 6.07) is 0. The van der Waals surface area contributed by atoms with Gasteiger partial charge in [-0.25, -0.2) is 0 Å². The Kier molecular flexibility index (Phi) is 2.82. The Balaban J connectivity index is 2.00. The zero-order chi connectivity index (χ0) is 12.1. The maximum atomic E-state index is 11.5. The van der Waals surface area contributed by atoms with Crippen LogP contribution < -0.4 is 0 Å². The highest BCUT2D eigenvalue weighted by Gasteiger charge is 2.49. The first-order chi connectivity index (χ1) is 7.21. The van der Waals surface area contributed by atoms with E-state index in [2.05, 4.69) is 33.9 Å². The van der Waals surface area contributed by atoms with Crippen LogP contribution >= 0.6 is 0 Å². The maximum absolute atomic E-state index is 11.5. The number of rotatable bonds is 2. The molecule has 3 atom stereocenters. The van der Waals surface area contributed by atoms with Crippen molar-refractivity contribution in [3.05, 3.63) is 0 Å². The molecule has 0 radical (unpaired) electrons. The van der Waals surface area contributed by atoms with E-state index in [1.54, 1.807) is 0 Å². The molecule has 0 unspecified atom stereocenters. The lowest BCUT2D eigenvalue weighted by molar-refractivity contribution is -0.123. The number of fused-ring (bicyclic) bond motifs is 2. The monoisotopic (exact) mass is 240 g/mol. The molecule has 0 heterocycles. The van der Waals surface area contributed by atoms with Gasteiger partial charge in [0.2, 0.25) is 0 Å². The molecular formula is C13H24O2Si. The lowest BCUT2D eigenvalue weighted by atomic mass is 9.97. The highest BCUT2D eigenvalue weighted by molar-refractivity contribution is 6.74. The van der Waals surface area contributed by atoms with Crippen LogP contribution in [0.15, 0.2) is 0 Å². The predicted molar refractivity (Wildman–Crippen MR) is 67.9 cm³/mol. The van der Waals surface area contributed by atoms with Crippen LogP contribution in [0.3, 0.4) is 0 Å². The van der Waals surface area contributed by atoms with Crippen molar-refractivity contribution in [2.24, 2.45) is 11.8 Å². The molecule has 0 aromatic rings. The van der Waals surface area contributed by atoms with E-state index in [1.165, 1.54) is 0 Å². The smallest absolute Gasteiger partial charge is 0.192 e. The molecule has 2 saturated carbocycles. The lowest BCUT2D eigenvalue weighted by Crippen LogP contribution is -2.45. The minimum Gasteiger partial charge on any atom is -0.414 e. The molecule has 92 valence electrons. The van der Waals surface area contributed by atoms with Gasteiger partial charge in [0.05, 0.1) is 0 Å². The molecule has 3 heteroatoms. The van der Waals surface area contributed by atoms with Gasteiger partial charge in [0.15, 0.2) is 8.32 Å². The summed E-state index contributed by atoms with van der Waals surface area (Å²) >= 11 is 0. The van der Waals surface area contributed by atoms with Crippen molar-refractivity contribution in [3.8, 4) is 0 Å². The zero-order valence-electron chi connectivity index (χ0n) is 11.2. The molecule has 0 amide bonds. The molecule has 2 aliphatic rings. The normalized spacial score (nSPS) is 34.8. The molecule has 16 heavy (non-hydrogen) atoms. The molecule has 0 N–H and O–H groups in total. The second-order valence-corrected chi connectivity index (χ2v) is 11.8. The summed E-state index contributed by atoms with van der Waals surface area (Å²) in [6.07, 6.45) is 3.25. The topological polar surface area (TPSA) is 26.3 Å². The van der Waals surface area contributed by atoms with Gasteiger partial charge in [-0.1, -0.05) is 20.8 Å². The number of hydrogen-bond acceptors (Lipinski definition) is 2. The molecule has 0 saturated heterocycles. The van der Waals surface area contributed by atoms with Gasteiger partial charge in [0, 0.05) is 18.4 Å². The van der Waals surface area contributed by atoms with Gasteiger partial charge < -0.3 is 4.43 Å². The Labute approximate surface area is 99.9 Å². The SMILES string of the molecule is CC(C)(C)[Si](C)(C)O[C@@H]1C[C@@H]2C[C@H]1CC2=O. The van der Waals surface area contributed by atoms with Crippen LogP contribution in [-0.2, 0) is 9.22 Å². The second kappa shape index (κ2) is 3.67. The molecule has 0 aromatic heterocycles. The van der Waals surface area contributed by atoms with E-state index in [0.29, 0.717) is 23.7 Å². The van der Waals surface area contributed by atoms with Gasteiger partial charge >= 0.3 is 0 Å². The first-order valence-electron chi connectivity index (χ1n) is 6.41. The van der Waals surface area contributed by atoms with Crippen molar-refractivity contribution in [1.29, 1.82) is 0 Å². The Hall–Kier alpha value is -0.153. The van der Waals surface area contributed by atoms with Gasteiger partial charge in [-0.2, -0.15) is 0 Å². The molecule has 2 aliphatic carbocycles. The first kappa shape index (κ1) is 12.3. The third-order valence-electron chi connectivity index (χ3n) is 4.80. The average Bonchev–Trinajstić information content (AvgIpc) is 2.59. The van der Waals surface area contributed by atoms with Crippen LogP contribution in [-0.4, -0.2) is 20.2 Å². The number of carbonyl (C=O) groups is 1. The van der Waals surface area contributed by atoms with Crippen LogP contribution in [0.5, 0.6) is 0 Å². The summed E-state index contributed by atoms with van der Waals surface area (Å²) in [5.74, 6) is 1.35. The van der Waals surface area contributed by atoms with Gasteiger partial charge in [-0.05, 0) is 36.9 Å². The third-order valence-corrected chi connectivity index (χ3v) is 9.31. The zero-order valence-corrected chi connectivity index (χ0v) is 12.2. The molecule has 2 nitrogen and oxygen atoms in total. The fourth-order valence-corrected chi connectivity index (χ4v) is 4.09. The molecular weight excluding hydrogens is 216 g/mol. The Morgan fingerprint density at radius 3 is 2.25 bits per heavy atom. The number of carbonyl (C=O) groups excluding carboxylic acids is 1.